The molecule has 2 heterocycles. The van der Waals surface area contributed by atoms with Gasteiger partial charge in [-0.25, -0.2) is 9.78 Å². The second kappa shape index (κ2) is 6.86. The van der Waals surface area contributed by atoms with Crippen LogP contribution in [-0.4, -0.2) is 27.7 Å². The van der Waals surface area contributed by atoms with E-state index in [4.69, 9.17) is 21.4 Å². The van der Waals surface area contributed by atoms with E-state index in [9.17, 15) is 4.79 Å². The van der Waals surface area contributed by atoms with Crippen LogP contribution in [0, 0.1) is 0 Å². The number of rotatable bonds is 6. The van der Waals surface area contributed by atoms with Gasteiger partial charge in [-0.3, -0.25) is 4.98 Å². The maximum Gasteiger partial charge on any atom is 0.337 e. The molecule has 0 saturated heterocycles. The second-order valence-electron chi connectivity index (χ2n) is 4.12. The quantitative estimate of drug-likeness (QED) is 0.829. The molecule has 0 radical (unpaired) electrons. The first-order valence-electron chi connectivity index (χ1n) is 6.07. The summed E-state index contributed by atoms with van der Waals surface area (Å²) in [7, 11) is 0. The van der Waals surface area contributed by atoms with Crippen LogP contribution in [-0.2, 0) is 6.42 Å². The van der Waals surface area contributed by atoms with Crippen molar-refractivity contribution in [1.29, 1.82) is 0 Å². The van der Waals surface area contributed by atoms with Crippen molar-refractivity contribution in [2.24, 2.45) is 0 Å². The topological polar surface area (TPSA) is 72.3 Å². The van der Waals surface area contributed by atoms with Crippen LogP contribution < -0.4 is 4.74 Å². The maximum absolute atomic E-state index is 10.9. The summed E-state index contributed by atoms with van der Waals surface area (Å²) in [5.74, 6) is -0.833. The molecule has 0 aliphatic rings. The summed E-state index contributed by atoms with van der Waals surface area (Å²) < 4.78 is 5.42. The highest BCUT2D eigenvalue weighted by Crippen LogP contribution is 2.19. The first-order valence-corrected chi connectivity index (χ1v) is 6.45. The van der Waals surface area contributed by atoms with Gasteiger partial charge in [0.25, 0.3) is 0 Å². The zero-order chi connectivity index (χ0) is 14.4. The number of nitrogens with zero attached hydrogens (tertiary/aromatic N) is 2. The van der Waals surface area contributed by atoms with E-state index in [1.165, 1.54) is 17.8 Å². The number of aryl methyl sites for hydroxylation is 1. The maximum atomic E-state index is 10.9. The molecule has 2 rings (SSSR count). The monoisotopic (exact) mass is 292 g/mol. The number of hydrogen-bond donors (Lipinski definition) is 1. The fourth-order valence-electron chi connectivity index (χ4n) is 1.66. The lowest BCUT2D eigenvalue weighted by Gasteiger charge is -2.06. The van der Waals surface area contributed by atoms with Gasteiger partial charge in [-0.05, 0) is 30.5 Å². The van der Waals surface area contributed by atoms with Gasteiger partial charge in [0.15, 0.2) is 0 Å². The SMILES string of the molecule is O=C(O)c1cc(OCCCc2ccncc2)ncc1Cl. The van der Waals surface area contributed by atoms with Crippen LogP contribution in [0.4, 0.5) is 0 Å². The normalized spacial score (nSPS) is 10.2. The molecular formula is C14H13ClN2O3. The molecule has 0 aliphatic heterocycles. The van der Waals surface area contributed by atoms with Gasteiger partial charge in [0, 0.05) is 18.5 Å². The van der Waals surface area contributed by atoms with Crippen molar-refractivity contribution in [1.82, 2.24) is 9.97 Å². The van der Waals surface area contributed by atoms with Crippen LogP contribution in [0.3, 0.4) is 0 Å². The van der Waals surface area contributed by atoms with Gasteiger partial charge in [-0.2, -0.15) is 0 Å². The molecule has 5 nitrogen and oxygen atoms in total. The third kappa shape index (κ3) is 3.93. The molecule has 2 aromatic rings. The number of carbonyl (C=O) groups is 1. The largest absolute Gasteiger partial charge is 0.478 e. The summed E-state index contributed by atoms with van der Waals surface area (Å²) in [5, 5.41) is 9.04. The van der Waals surface area contributed by atoms with Crippen molar-refractivity contribution in [3.05, 3.63) is 52.9 Å². The number of aromatic carboxylic acids is 1. The number of hydrogen-bond acceptors (Lipinski definition) is 4. The molecule has 20 heavy (non-hydrogen) atoms. The Morgan fingerprint density at radius 2 is 2.10 bits per heavy atom. The van der Waals surface area contributed by atoms with Gasteiger partial charge in [0.1, 0.15) is 0 Å². The fourth-order valence-corrected chi connectivity index (χ4v) is 1.85. The van der Waals surface area contributed by atoms with Gasteiger partial charge in [0.2, 0.25) is 5.88 Å². The summed E-state index contributed by atoms with van der Waals surface area (Å²) in [4.78, 5) is 18.8. The van der Waals surface area contributed by atoms with Crippen molar-refractivity contribution in [3.63, 3.8) is 0 Å². The van der Waals surface area contributed by atoms with Gasteiger partial charge in [-0.1, -0.05) is 11.6 Å². The van der Waals surface area contributed by atoms with Gasteiger partial charge in [0.05, 0.1) is 23.4 Å². The van der Waals surface area contributed by atoms with Gasteiger partial charge < -0.3 is 9.84 Å². The Hall–Kier alpha value is -2.14. The van der Waals surface area contributed by atoms with E-state index in [1.54, 1.807) is 12.4 Å². The zero-order valence-corrected chi connectivity index (χ0v) is 11.4. The summed E-state index contributed by atoms with van der Waals surface area (Å²) >= 11 is 5.73. The molecule has 0 saturated carbocycles. The highest BCUT2D eigenvalue weighted by Gasteiger charge is 2.10. The Labute approximate surface area is 121 Å². The number of aromatic nitrogens is 2. The third-order valence-corrected chi connectivity index (χ3v) is 2.97. The minimum Gasteiger partial charge on any atom is -0.478 e. The van der Waals surface area contributed by atoms with Crippen molar-refractivity contribution >= 4 is 17.6 Å². The lowest BCUT2D eigenvalue weighted by molar-refractivity contribution is 0.0696. The smallest absolute Gasteiger partial charge is 0.337 e. The first kappa shape index (κ1) is 14.3. The molecule has 0 unspecified atom stereocenters. The van der Waals surface area contributed by atoms with Gasteiger partial charge in [-0.15, -0.1) is 0 Å². The third-order valence-electron chi connectivity index (χ3n) is 2.67. The summed E-state index contributed by atoms with van der Waals surface area (Å²) in [5.41, 5.74) is 1.17. The van der Waals surface area contributed by atoms with Crippen molar-refractivity contribution in [3.8, 4) is 5.88 Å². The van der Waals surface area contributed by atoms with E-state index in [0.717, 1.165) is 12.8 Å². The van der Waals surface area contributed by atoms with Crippen LogP contribution >= 0.6 is 11.6 Å². The number of carboxylic acids is 1. The fraction of sp³-hybridized carbons (Fsp3) is 0.214. The Morgan fingerprint density at radius 3 is 2.80 bits per heavy atom. The van der Waals surface area contributed by atoms with E-state index in [-0.39, 0.29) is 16.5 Å². The van der Waals surface area contributed by atoms with Crippen LogP contribution in [0.25, 0.3) is 0 Å². The molecule has 0 aromatic carbocycles. The summed E-state index contributed by atoms with van der Waals surface area (Å²) in [6.45, 7) is 0.454. The molecule has 0 fully saturated rings. The van der Waals surface area contributed by atoms with Crippen LogP contribution in [0.1, 0.15) is 22.3 Å². The van der Waals surface area contributed by atoms with Crippen LogP contribution in [0.2, 0.25) is 5.02 Å². The molecule has 0 atom stereocenters. The number of carboxylic acid groups (broad SMARTS) is 1. The van der Waals surface area contributed by atoms with E-state index in [2.05, 4.69) is 9.97 Å². The molecule has 6 heteroatoms. The molecule has 1 N–H and O–H groups in total. The van der Waals surface area contributed by atoms with Crippen molar-refractivity contribution in [2.45, 2.75) is 12.8 Å². The molecule has 0 amide bonds. The van der Waals surface area contributed by atoms with Gasteiger partial charge >= 0.3 is 5.97 Å². The first-order chi connectivity index (χ1) is 9.66. The van der Waals surface area contributed by atoms with E-state index < -0.39 is 5.97 Å². The van der Waals surface area contributed by atoms with Crippen LogP contribution in [0.5, 0.6) is 5.88 Å². The average molecular weight is 293 g/mol. The number of ether oxygens (including phenoxy) is 1. The average Bonchev–Trinajstić information content (AvgIpc) is 2.46. The lowest BCUT2D eigenvalue weighted by Crippen LogP contribution is -2.04. The Kier molecular flexibility index (Phi) is 4.90. The Balaban J connectivity index is 1.85. The number of halogens is 1. The molecule has 0 bridgehead atoms. The Bertz CT molecular complexity index is 590. The lowest BCUT2D eigenvalue weighted by atomic mass is 10.1. The minimum atomic E-state index is -1.10. The van der Waals surface area contributed by atoms with E-state index in [1.807, 2.05) is 12.1 Å². The molecular weight excluding hydrogens is 280 g/mol. The molecule has 0 aliphatic carbocycles. The van der Waals surface area contributed by atoms with E-state index in [0.29, 0.717) is 6.61 Å². The van der Waals surface area contributed by atoms with Crippen LogP contribution in [0.15, 0.2) is 36.8 Å². The highest BCUT2D eigenvalue weighted by atomic mass is 35.5. The second-order valence-corrected chi connectivity index (χ2v) is 4.52. The Morgan fingerprint density at radius 1 is 1.35 bits per heavy atom. The standard InChI is InChI=1S/C14H13ClN2O3/c15-12-9-17-13(8-11(12)14(18)19)20-7-1-2-10-3-5-16-6-4-10/h3-6,8-9H,1-2,7H2,(H,18,19). The molecule has 104 valence electrons. The zero-order valence-electron chi connectivity index (χ0n) is 10.6. The minimum absolute atomic E-state index is 0.00852. The highest BCUT2D eigenvalue weighted by molar-refractivity contribution is 6.33. The predicted octanol–water partition coefficient (Wildman–Crippen LogP) is 2.84. The predicted molar refractivity (Wildman–Crippen MR) is 74.3 cm³/mol. The summed E-state index contributed by atoms with van der Waals surface area (Å²) in [6.07, 6.45) is 6.44. The summed E-state index contributed by atoms with van der Waals surface area (Å²) in [6, 6.07) is 5.23. The number of pyridine rings is 2. The van der Waals surface area contributed by atoms with E-state index >= 15 is 0 Å². The van der Waals surface area contributed by atoms with Crippen molar-refractivity contribution < 1.29 is 14.6 Å². The molecule has 0 spiro atoms. The molecule has 2 aromatic heterocycles. The van der Waals surface area contributed by atoms with Crippen molar-refractivity contribution in [2.75, 3.05) is 6.61 Å².